The minimum atomic E-state index is -1.03. The molecule has 0 aliphatic heterocycles. The highest BCUT2D eigenvalue weighted by Crippen LogP contribution is 2.15. The quantitative estimate of drug-likeness (QED) is 0.685. The maximum Gasteiger partial charge on any atom is 0.341 e. The summed E-state index contributed by atoms with van der Waals surface area (Å²) >= 11 is 0. The minimum Gasteiger partial charge on any atom is -0.449 e. The highest BCUT2D eigenvalue weighted by molar-refractivity contribution is 5.98. The molecule has 0 aliphatic carbocycles. The highest BCUT2D eigenvalue weighted by atomic mass is 16.5. The van der Waals surface area contributed by atoms with Crippen molar-refractivity contribution in [1.29, 1.82) is 5.26 Å². The fourth-order valence-electron chi connectivity index (χ4n) is 2.27. The molecule has 3 rings (SSSR count). The first-order valence-electron chi connectivity index (χ1n) is 7.93. The summed E-state index contributed by atoms with van der Waals surface area (Å²) < 4.78 is 6.60. The molecule has 2 aromatic carbocycles. The molecule has 9 nitrogen and oxygen atoms in total. The van der Waals surface area contributed by atoms with Gasteiger partial charge in [-0.2, -0.15) is 9.94 Å². The molecule has 1 amide bonds. The van der Waals surface area contributed by atoms with Crippen LogP contribution in [0.3, 0.4) is 0 Å². The Morgan fingerprint density at radius 1 is 1.19 bits per heavy atom. The Balaban J connectivity index is 1.69. The summed E-state index contributed by atoms with van der Waals surface area (Å²) in [6.07, 6.45) is 0.322. The minimum absolute atomic E-state index is 0.225. The van der Waals surface area contributed by atoms with Crippen LogP contribution in [0.2, 0.25) is 0 Å². The first-order valence-corrected chi connectivity index (χ1v) is 7.93. The van der Waals surface area contributed by atoms with Crippen molar-refractivity contribution in [3.8, 4) is 11.8 Å². The van der Waals surface area contributed by atoms with Gasteiger partial charge in [0.25, 0.3) is 5.91 Å². The van der Waals surface area contributed by atoms with Gasteiger partial charge in [-0.25, -0.2) is 4.79 Å². The number of benzene rings is 2. The van der Waals surface area contributed by atoms with Gasteiger partial charge in [-0.1, -0.05) is 12.1 Å². The van der Waals surface area contributed by atoms with Crippen LogP contribution in [0.1, 0.15) is 22.8 Å². The van der Waals surface area contributed by atoms with Crippen LogP contribution < -0.4 is 5.32 Å². The van der Waals surface area contributed by atoms with E-state index in [0.29, 0.717) is 16.9 Å². The smallest absolute Gasteiger partial charge is 0.341 e. The number of aromatic nitrogens is 4. The van der Waals surface area contributed by atoms with Gasteiger partial charge in [0, 0.05) is 5.69 Å². The van der Waals surface area contributed by atoms with Gasteiger partial charge in [-0.3, -0.25) is 4.79 Å². The third-order valence-electron chi connectivity index (χ3n) is 3.65. The number of hydrogen-bond acceptors (Lipinski definition) is 7. The predicted octanol–water partition coefficient (Wildman–Crippen LogP) is 1.72. The summed E-state index contributed by atoms with van der Waals surface area (Å²) in [4.78, 5) is 24.7. The highest BCUT2D eigenvalue weighted by Gasteiger charge is 2.21. The number of rotatable bonds is 5. The van der Waals surface area contributed by atoms with Crippen molar-refractivity contribution < 1.29 is 14.3 Å². The molecule has 0 saturated carbocycles. The summed E-state index contributed by atoms with van der Waals surface area (Å²) in [5.41, 5.74) is 1.64. The molecule has 1 heterocycles. The fourth-order valence-corrected chi connectivity index (χ4v) is 2.27. The standard InChI is InChI=1S/C18H14N6O3/c1-12(17(25)21-14-8-6-13(10-19)7-9-14)27-18(26)15-4-2-3-5-16(15)24-11-20-22-23-24/h2-9,11-12H,1H3,(H,21,25)/t12-/m1/s1. The molecule has 9 heteroatoms. The van der Waals surface area contributed by atoms with E-state index in [1.54, 1.807) is 48.5 Å². The van der Waals surface area contributed by atoms with Gasteiger partial charge in [-0.15, -0.1) is 5.10 Å². The molecule has 27 heavy (non-hydrogen) atoms. The lowest BCUT2D eigenvalue weighted by Crippen LogP contribution is -2.30. The van der Waals surface area contributed by atoms with Crippen molar-refractivity contribution in [2.75, 3.05) is 5.32 Å². The average Bonchev–Trinajstić information content (AvgIpc) is 3.23. The van der Waals surface area contributed by atoms with E-state index in [4.69, 9.17) is 10.00 Å². The van der Waals surface area contributed by atoms with Crippen LogP contribution in [0.25, 0.3) is 5.69 Å². The monoisotopic (exact) mass is 362 g/mol. The Morgan fingerprint density at radius 2 is 1.93 bits per heavy atom. The first-order chi connectivity index (χ1) is 13.1. The number of amides is 1. The number of carbonyl (C=O) groups excluding carboxylic acids is 2. The second-order valence-electron chi connectivity index (χ2n) is 5.50. The number of ether oxygens (including phenoxy) is 1. The molecule has 0 aliphatic rings. The predicted molar refractivity (Wildman–Crippen MR) is 93.8 cm³/mol. The van der Waals surface area contributed by atoms with Crippen molar-refractivity contribution in [1.82, 2.24) is 20.2 Å². The SMILES string of the molecule is C[C@@H](OC(=O)c1ccccc1-n1cnnn1)C(=O)Nc1ccc(C#N)cc1. The third-order valence-corrected chi connectivity index (χ3v) is 3.65. The summed E-state index contributed by atoms with van der Waals surface area (Å²) in [6.45, 7) is 1.47. The van der Waals surface area contributed by atoms with E-state index in [0.717, 1.165) is 0 Å². The van der Waals surface area contributed by atoms with E-state index < -0.39 is 18.0 Å². The molecule has 0 spiro atoms. The number of nitrogens with zero attached hydrogens (tertiary/aromatic N) is 5. The fraction of sp³-hybridized carbons (Fsp3) is 0.111. The summed E-state index contributed by atoms with van der Waals surface area (Å²) in [6, 6.07) is 15.0. The number of nitrogens with one attached hydrogen (secondary N) is 1. The summed E-state index contributed by atoms with van der Waals surface area (Å²) in [7, 11) is 0. The van der Waals surface area contributed by atoms with Crippen molar-refractivity contribution in [2.45, 2.75) is 13.0 Å². The first kappa shape index (κ1) is 17.8. The van der Waals surface area contributed by atoms with Crippen molar-refractivity contribution in [3.05, 3.63) is 66.0 Å². The Labute approximate surface area is 154 Å². The zero-order valence-corrected chi connectivity index (χ0v) is 14.2. The van der Waals surface area contributed by atoms with Gasteiger partial charge in [0.1, 0.15) is 6.33 Å². The van der Waals surface area contributed by atoms with E-state index in [1.807, 2.05) is 6.07 Å². The largest absolute Gasteiger partial charge is 0.449 e. The van der Waals surface area contributed by atoms with Gasteiger partial charge in [0.05, 0.1) is 22.9 Å². The van der Waals surface area contributed by atoms with Gasteiger partial charge in [0.2, 0.25) is 0 Å². The molecule has 3 aromatic rings. The van der Waals surface area contributed by atoms with Gasteiger partial charge in [0.15, 0.2) is 6.10 Å². The van der Waals surface area contributed by atoms with Crippen LogP contribution in [-0.4, -0.2) is 38.2 Å². The molecule has 134 valence electrons. The van der Waals surface area contributed by atoms with Gasteiger partial charge >= 0.3 is 5.97 Å². The Bertz CT molecular complexity index is 993. The number of nitriles is 1. The van der Waals surface area contributed by atoms with E-state index >= 15 is 0 Å². The maximum absolute atomic E-state index is 12.5. The molecule has 0 radical (unpaired) electrons. The third kappa shape index (κ3) is 4.13. The molecular weight excluding hydrogens is 348 g/mol. The number of para-hydroxylation sites is 1. The maximum atomic E-state index is 12.5. The van der Waals surface area contributed by atoms with Crippen LogP contribution in [0.15, 0.2) is 54.9 Å². The number of hydrogen-bond donors (Lipinski definition) is 1. The molecule has 0 fully saturated rings. The summed E-state index contributed by atoms with van der Waals surface area (Å²) in [5, 5.41) is 22.3. The summed E-state index contributed by atoms with van der Waals surface area (Å²) in [5.74, 6) is -1.17. The van der Waals surface area contributed by atoms with Crippen molar-refractivity contribution in [3.63, 3.8) is 0 Å². The van der Waals surface area contributed by atoms with Crippen LogP contribution in [0, 0.1) is 11.3 Å². The molecule has 0 bridgehead atoms. The Hall–Kier alpha value is -4.06. The molecule has 0 saturated heterocycles. The Morgan fingerprint density at radius 3 is 2.59 bits per heavy atom. The number of tetrazole rings is 1. The van der Waals surface area contributed by atoms with E-state index in [-0.39, 0.29) is 5.56 Å². The van der Waals surface area contributed by atoms with Crippen LogP contribution >= 0.6 is 0 Å². The lowest BCUT2D eigenvalue weighted by molar-refractivity contribution is -0.123. The van der Waals surface area contributed by atoms with E-state index in [1.165, 1.54) is 17.9 Å². The number of esters is 1. The van der Waals surface area contributed by atoms with Crippen LogP contribution in [0.5, 0.6) is 0 Å². The van der Waals surface area contributed by atoms with Crippen molar-refractivity contribution in [2.24, 2.45) is 0 Å². The van der Waals surface area contributed by atoms with E-state index in [9.17, 15) is 9.59 Å². The average molecular weight is 362 g/mol. The lowest BCUT2D eigenvalue weighted by Gasteiger charge is -2.15. The Kier molecular flexibility index (Phi) is 5.18. The topological polar surface area (TPSA) is 123 Å². The van der Waals surface area contributed by atoms with Crippen LogP contribution in [0.4, 0.5) is 5.69 Å². The molecule has 1 atom stereocenters. The second kappa shape index (κ2) is 7.88. The van der Waals surface area contributed by atoms with Gasteiger partial charge in [-0.05, 0) is 53.7 Å². The number of anilines is 1. The zero-order chi connectivity index (χ0) is 19.2. The van der Waals surface area contributed by atoms with Gasteiger partial charge < -0.3 is 10.1 Å². The molecule has 1 aromatic heterocycles. The molecule has 1 N–H and O–H groups in total. The normalized spacial score (nSPS) is 11.3. The second-order valence-corrected chi connectivity index (χ2v) is 5.50. The zero-order valence-electron chi connectivity index (χ0n) is 14.2. The molecule has 0 unspecified atom stereocenters. The van der Waals surface area contributed by atoms with Crippen molar-refractivity contribution >= 4 is 17.6 Å². The lowest BCUT2D eigenvalue weighted by atomic mass is 10.2. The molecular formula is C18H14N6O3. The van der Waals surface area contributed by atoms with E-state index in [2.05, 4.69) is 20.8 Å². The van der Waals surface area contributed by atoms with Crippen LogP contribution in [-0.2, 0) is 9.53 Å². The number of carbonyl (C=O) groups is 2.